The number of hydrogen-bond donors (Lipinski definition) is 3. The minimum atomic E-state index is -0.265. The molecule has 0 aliphatic rings. The second-order valence-electron chi connectivity index (χ2n) is 4.09. The quantitative estimate of drug-likeness (QED) is 0.775. The maximum atomic E-state index is 11.9. The average molecular weight is 261 g/mol. The molecule has 0 saturated heterocycles. The van der Waals surface area contributed by atoms with Gasteiger partial charge in [0.2, 0.25) is 0 Å². The van der Waals surface area contributed by atoms with Gasteiger partial charge in [0.1, 0.15) is 0 Å². The number of nitrogens with zero attached hydrogens (tertiary/aromatic N) is 1. The third kappa shape index (κ3) is 2.85. The van der Waals surface area contributed by atoms with Crippen LogP contribution in [0.1, 0.15) is 21.6 Å². The summed E-state index contributed by atoms with van der Waals surface area (Å²) < 4.78 is 4.92. The molecule has 0 spiro atoms. The van der Waals surface area contributed by atoms with E-state index in [1.807, 2.05) is 6.92 Å². The van der Waals surface area contributed by atoms with Crippen molar-refractivity contribution >= 4 is 5.91 Å². The molecule has 1 aromatic carbocycles. The Bertz CT molecular complexity index is 593. The van der Waals surface area contributed by atoms with Gasteiger partial charge in [-0.3, -0.25) is 9.89 Å². The van der Waals surface area contributed by atoms with Crippen molar-refractivity contribution in [2.45, 2.75) is 13.5 Å². The maximum Gasteiger partial charge on any atom is 0.251 e. The molecule has 0 unspecified atom stereocenters. The molecular formula is C13H15N3O3. The van der Waals surface area contributed by atoms with Crippen LogP contribution in [0.4, 0.5) is 0 Å². The molecule has 6 nitrogen and oxygen atoms in total. The fraction of sp³-hybridized carbons (Fsp3) is 0.231. The molecule has 0 aliphatic heterocycles. The van der Waals surface area contributed by atoms with Gasteiger partial charge in [0, 0.05) is 23.4 Å². The van der Waals surface area contributed by atoms with Gasteiger partial charge in [0.25, 0.3) is 5.91 Å². The predicted octanol–water partition coefficient (Wildman–Crippen LogP) is 1.36. The summed E-state index contributed by atoms with van der Waals surface area (Å²) in [5.74, 6) is 0.00965. The van der Waals surface area contributed by atoms with Crippen LogP contribution in [0.5, 0.6) is 11.5 Å². The molecule has 0 atom stereocenters. The average Bonchev–Trinajstić information content (AvgIpc) is 2.81. The minimum Gasteiger partial charge on any atom is -0.504 e. The molecule has 2 aromatic rings. The highest BCUT2D eigenvalue weighted by molar-refractivity contribution is 5.94. The van der Waals surface area contributed by atoms with Gasteiger partial charge < -0.3 is 15.2 Å². The summed E-state index contributed by atoms with van der Waals surface area (Å²) >= 11 is 0. The standard InChI is InChI=1S/C13H15N3O3/c1-8-10(7-15-16-8)6-14-13(18)9-3-4-12(19-2)11(17)5-9/h3-5,7,17H,6H2,1-2H3,(H,14,18)(H,15,16). The lowest BCUT2D eigenvalue weighted by molar-refractivity contribution is 0.0950. The molecule has 0 radical (unpaired) electrons. The molecular weight excluding hydrogens is 246 g/mol. The van der Waals surface area contributed by atoms with E-state index in [1.54, 1.807) is 18.3 Å². The smallest absolute Gasteiger partial charge is 0.251 e. The molecule has 0 bridgehead atoms. The first-order valence-electron chi connectivity index (χ1n) is 5.76. The highest BCUT2D eigenvalue weighted by Gasteiger charge is 2.10. The number of rotatable bonds is 4. The summed E-state index contributed by atoms with van der Waals surface area (Å²) in [5.41, 5.74) is 2.21. The van der Waals surface area contributed by atoms with Crippen molar-refractivity contribution < 1.29 is 14.6 Å². The van der Waals surface area contributed by atoms with Gasteiger partial charge in [-0.05, 0) is 25.1 Å². The largest absolute Gasteiger partial charge is 0.504 e. The number of carbonyl (C=O) groups is 1. The molecule has 0 saturated carbocycles. The number of hydrogen-bond acceptors (Lipinski definition) is 4. The van der Waals surface area contributed by atoms with Gasteiger partial charge in [-0.2, -0.15) is 5.10 Å². The zero-order valence-corrected chi connectivity index (χ0v) is 10.7. The lowest BCUT2D eigenvalue weighted by Gasteiger charge is -2.07. The normalized spacial score (nSPS) is 10.2. The van der Waals surface area contributed by atoms with E-state index in [9.17, 15) is 9.90 Å². The zero-order valence-electron chi connectivity index (χ0n) is 10.7. The number of methoxy groups -OCH3 is 1. The molecule has 2 rings (SSSR count). The fourth-order valence-electron chi connectivity index (χ4n) is 1.66. The van der Waals surface area contributed by atoms with E-state index in [-0.39, 0.29) is 11.7 Å². The number of benzene rings is 1. The van der Waals surface area contributed by atoms with Crippen LogP contribution in [0.3, 0.4) is 0 Å². The number of phenols is 1. The Kier molecular flexibility index (Phi) is 3.70. The number of amides is 1. The second-order valence-corrected chi connectivity index (χ2v) is 4.09. The molecule has 19 heavy (non-hydrogen) atoms. The van der Waals surface area contributed by atoms with Gasteiger partial charge in [-0.1, -0.05) is 0 Å². The first-order chi connectivity index (χ1) is 9.11. The molecule has 6 heteroatoms. The second kappa shape index (κ2) is 5.43. The number of aromatic nitrogens is 2. The van der Waals surface area contributed by atoms with Crippen LogP contribution in [-0.4, -0.2) is 28.3 Å². The Morgan fingerprint density at radius 3 is 2.89 bits per heavy atom. The summed E-state index contributed by atoms with van der Waals surface area (Å²) in [5, 5.41) is 19.0. The van der Waals surface area contributed by atoms with Gasteiger partial charge in [0.15, 0.2) is 11.5 Å². The van der Waals surface area contributed by atoms with E-state index in [0.29, 0.717) is 17.9 Å². The first kappa shape index (κ1) is 12.9. The molecule has 0 fully saturated rings. The van der Waals surface area contributed by atoms with E-state index in [4.69, 9.17) is 4.74 Å². The van der Waals surface area contributed by atoms with Gasteiger partial charge in [-0.25, -0.2) is 0 Å². The molecule has 3 N–H and O–H groups in total. The Labute approximate surface area is 110 Å². The third-order valence-corrected chi connectivity index (χ3v) is 2.81. The molecule has 1 heterocycles. The summed E-state index contributed by atoms with van der Waals surface area (Å²) in [6.07, 6.45) is 1.67. The van der Waals surface area contributed by atoms with Crippen LogP contribution in [0, 0.1) is 6.92 Å². The lowest BCUT2D eigenvalue weighted by atomic mass is 10.2. The van der Waals surface area contributed by atoms with Crippen molar-refractivity contribution in [1.82, 2.24) is 15.5 Å². The number of phenolic OH excluding ortho intramolecular Hbond substituents is 1. The van der Waals surface area contributed by atoms with Crippen LogP contribution >= 0.6 is 0 Å². The van der Waals surface area contributed by atoms with Crippen molar-refractivity contribution in [3.63, 3.8) is 0 Å². The van der Waals surface area contributed by atoms with Crippen LogP contribution < -0.4 is 10.1 Å². The number of H-pyrrole nitrogens is 1. The monoisotopic (exact) mass is 261 g/mol. The van der Waals surface area contributed by atoms with Crippen LogP contribution in [0.2, 0.25) is 0 Å². The van der Waals surface area contributed by atoms with Crippen LogP contribution in [0.15, 0.2) is 24.4 Å². The van der Waals surface area contributed by atoms with E-state index >= 15 is 0 Å². The highest BCUT2D eigenvalue weighted by Crippen LogP contribution is 2.26. The Hall–Kier alpha value is -2.50. The van der Waals surface area contributed by atoms with Crippen molar-refractivity contribution in [3.8, 4) is 11.5 Å². The van der Waals surface area contributed by atoms with Crippen molar-refractivity contribution in [2.24, 2.45) is 0 Å². The molecule has 1 aromatic heterocycles. The summed E-state index contributed by atoms with van der Waals surface area (Å²) in [6, 6.07) is 4.51. The van der Waals surface area contributed by atoms with E-state index in [0.717, 1.165) is 11.3 Å². The number of aromatic amines is 1. The van der Waals surface area contributed by atoms with Crippen molar-refractivity contribution in [3.05, 3.63) is 41.2 Å². The van der Waals surface area contributed by atoms with Crippen LogP contribution in [-0.2, 0) is 6.54 Å². The van der Waals surface area contributed by atoms with E-state index in [1.165, 1.54) is 13.2 Å². The fourth-order valence-corrected chi connectivity index (χ4v) is 1.66. The van der Waals surface area contributed by atoms with Crippen LogP contribution in [0.25, 0.3) is 0 Å². The maximum absolute atomic E-state index is 11.9. The van der Waals surface area contributed by atoms with E-state index in [2.05, 4.69) is 15.5 Å². The first-order valence-corrected chi connectivity index (χ1v) is 5.76. The van der Waals surface area contributed by atoms with Gasteiger partial charge >= 0.3 is 0 Å². The van der Waals surface area contributed by atoms with Crippen molar-refractivity contribution in [2.75, 3.05) is 7.11 Å². The summed E-state index contributed by atoms with van der Waals surface area (Å²) in [4.78, 5) is 11.9. The Morgan fingerprint density at radius 2 is 2.32 bits per heavy atom. The van der Waals surface area contributed by atoms with Crippen molar-refractivity contribution in [1.29, 1.82) is 0 Å². The number of carbonyl (C=O) groups excluding carboxylic acids is 1. The topological polar surface area (TPSA) is 87.2 Å². The SMILES string of the molecule is COc1ccc(C(=O)NCc2cn[nH]c2C)cc1O. The number of aryl methyl sites for hydroxylation is 1. The highest BCUT2D eigenvalue weighted by atomic mass is 16.5. The number of aromatic hydroxyl groups is 1. The lowest BCUT2D eigenvalue weighted by Crippen LogP contribution is -2.22. The molecule has 100 valence electrons. The number of ether oxygens (including phenoxy) is 1. The third-order valence-electron chi connectivity index (χ3n) is 2.81. The summed E-state index contributed by atoms with van der Waals surface area (Å²) in [7, 11) is 1.45. The predicted molar refractivity (Wildman–Crippen MR) is 69.2 cm³/mol. The Morgan fingerprint density at radius 1 is 1.53 bits per heavy atom. The zero-order chi connectivity index (χ0) is 13.8. The summed E-state index contributed by atoms with van der Waals surface area (Å²) in [6.45, 7) is 2.27. The van der Waals surface area contributed by atoms with Gasteiger partial charge in [0.05, 0.1) is 13.3 Å². The number of nitrogens with one attached hydrogen (secondary N) is 2. The van der Waals surface area contributed by atoms with Gasteiger partial charge in [-0.15, -0.1) is 0 Å². The van der Waals surface area contributed by atoms with E-state index < -0.39 is 0 Å². The molecule has 1 amide bonds. The minimum absolute atomic E-state index is 0.0605. The Balaban J connectivity index is 2.04. The molecule has 0 aliphatic carbocycles.